The number of β-lactam (4-membered cyclic amide) rings is 1. The van der Waals surface area contributed by atoms with Crippen molar-refractivity contribution in [2.24, 2.45) is 5.73 Å². The zero-order valence-corrected chi connectivity index (χ0v) is 22.3. The summed E-state index contributed by atoms with van der Waals surface area (Å²) >= 11 is 1.21. The number of primary amides is 1. The molecule has 0 aromatic heterocycles. The van der Waals surface area contributed by atoms with Crippen LogP contribution in [-0.4, -0.2) is 70.2 Å². The Labute approximate surface area is 227 Å². The predicted octanol–water partition coefficient (Wildman–Crippen LogP) is -0.277. The van der Waals surface area contributed by atoms with Crippen LogP contribution in [0.5, 0.6) is 0 Å². The molecule has 0 aliphatic carbocycles. The van der Waals surface area contributed by atoms with Crippen molar-refractivity contribution < 1.29 is 37.5 Å². The number of carbonyl (C=O) groups is 5. The number of aliphatic carboxylic acids is 1. The van der Waals surface area contributed by atoms with Crippen molar-refractivity contribution in [1.29, 1.82) is 0 Å². The Hall–Kier alpha value is -3.95. The van der Waals surface area contributed by atoms with Crippen LogP contribution in [0.4, 0.5) is 0 Å². The topological polar surface area (TPSA) is 205 Å². The number of nitrogens with zero attached hydrogens (tertiary/aromatic N) is 1. The second-order valence-corrected chi connectivity index (χ2v) is 12.6. The molecule has 0 bridgehead atoms. The van der Waals surface area contributed by atoms with E-state index in [9.17, 15) is 37.5 Å². The van der Waals surface area contributed by atoms with Gasteiger partial charge in [-0.3, -0.25) is 19.2 Å². The first-order valence-corrected chi connectivity index (χ1v) is 13.9. The molecule has 13 nitrogen and oxygen atoms in total. The molecule has 2 aliphatic heterocycles. The van der Waals surface area contributed by atoms with Crippen molar-refractivity contribution in [2.75, 3.05) is 0 Å². The summed E-state index contributed by atoms with van der Waals surface area (Å²) in [5, 5.41) is 11.5. The molecular weight excluding hydrogens is 550 g/mol. The van der Waals surface area contributed by atoms with Gasteiger partial charge in [-0.15, -0.1) is 11.8 Å². The molecule has 0 spiro atoms. The van der Waals surface area contributed by atoms with Crippen LogP contribution in [-0.2, 0) is 24.6 Å². The van der Waals surface area contributed by atoms with E-state index in [1.54, 1.807) is 36.8 Å². The Morgan fingerprint density at radius 2 is 1.62 bits per heavy atom. The van der Waals surface area contributed by atoms with Crippen molar-refractivity contribution in [3.05, 3.63) is 71.3 Å². The van der Waals surface area contributed by atoms with Gasteiger partial charge in [0.15, 0.2) is 0 Å². The van der Waals surface area contributed by atoms with E-state index < -0.39 is 68.1 Å². The Morgan fingerprint density at radius 3 is 2.21 bits per heavy atom. The Morgan fingerprint density at radius 1 is 1.03 bits per heavy atom. The third-order valence-electron chi connectivity index (χ3n) is 6.30. The van der Waals surface area contributed by atoms with Gasteiger partial charge in [-0.25, -0.2) is 9.52 Å². The molecule has 15 heteroatoms. The maximum absolute atomic E-state index is 13.3. The first kappa shape index (κ1) is 28.1. The van der Waals surface area contributed by atoms with E-state index in [0.29, 0.717) is 0 Å². The van der Waals surface area contributed by atoms with Crippen molar-refractivity contribution in [3.8, 4) is 0 Å². The fraction of sp³-hybridized carbons (Fsp3) is 0.292. The number of carboxylic acids is 1. The summed E-state index contributed by atoms with van der Waals surface area (Å²) in [4.78, 5) is 63.4. The van der Waals surface area contributed by atoms with E-state index in [1.807, 2.05) is 0 Å². The lowest BCUT2D eigenvalue weighted by Crippen LogP contribution is -2.71. The number of nitrogens with one attached hydrogen (secondary N) is 3. The number of hydrogen-bond donors (Lipinski definition) is 5. The van der Waals surface area contributed by atoms with Crippen molar-refractivity contribution >= 4 is 51.6 Å². The molecule has 0 saturated carbocycles. The minimum absolute atomic E-state index is 0.202. The van der Waals surface area contributed by atoms with Crippen molar-refractivity contribution in [3.63, 3.8) is 0 Å². The van der Waals surface area contributed by atoms with Crippen LogP contribution in [0.25, 0.3) is 0 Å². The molecule has 4 atom stereocenters. The number of amides is 4. The molecule has 2 saturated heterocycles. The molecule has 2 aromatic carbocycles. The molecule has 2 fully saturated rings. The van der Waals surface area contributed by atoms with Crippen LogP contribution in [0.3, 0.4) is 0 Å². The van der Waals surface area contributed by atoms with Gasteiger partial charge in [0.1, 0.15) is 23.5 Å². The first-order valence-electron chi connectivity index (χ1n) is 11.5. The summed E-state index contributed by atoms with van der Waals surface area (Å²) in [6.07, 6.45) is 0. The lowest BCUT2D eigenvalue weighted by molar-refractivity contribution is -0.161. The average Bonchev–Trinajstić information content (AvgIpc) is 3.13. The molecule has 1 unspecified atom stereocenters. The summed E-state index contributed by atoms with van der Waals surface area (Å²) in [6, 6.07) is 9.31. The van der Waals surface area contributed by atoms with Crippen LogP contribution in [0, 0.1) is 0 Å². The molecule has 39 heavy (non-hydrogen) atoms. The normalized spacial score (nSPS) is 22.3. The maximum atomic E-state index is 13.3. The van der Waals surface area contributed by atoms with Gasteiger partial charge in [-0.05, 0) is 31.5 Å². The number of rotatable bonds is 9. The van der Waals surface area contributed by atoms with E-state index in [0.717, 1.165) is 0 Å². The largest absolute Gasteiger partial charge is 0.480 e. The quantitative estimate of drug-likeness (QED) is 0.249. The third kappa shape index (κ3) is 5.46. The van der Waals surface area contributed by atoms with Crippen molar-refractivity contribution in [2.45, 2.75) is 42.1 Å². The summed E-state index contributed by atoms with van der Waals surface area (Å²) in [7, 11) is -4.70. The van der Waals surface area contributed by atoms with Crippen molar-refractivity contribution in [1.82, 2.24) is 19.7 Å². The number of fused-ring (bicyclic) bond motifs is 1. The van der Waals surface area contributed by atoms with Crippen LogP contribution in [0.15, 0.2) is 54.6 Å². The van der Waals surface area contributed by atoms with Gasteiger partial charge in [0.05, 0.1) is 11.1 Å². The molecule has 6 N–H and O–H groups in total. The second-order valence-electron chi connectivity index (χ2n) is 9.39. The monoisotopic (exact) mass is 575 g/mol. The van der Waals surface area contributed by atoms with Gasteiger partial charge >= 0.3 is 16.2 Å². The zero-order chi connectivity index (χ0) is 28.7. The summed E-state index contributed by atoms with van der Waals surface area (Å²) in [5.41, 5.74) is 4.98. The summed E-state index contributed by atoms with van der Waals surface area (Å²) in [5.74, 6) is -4.77. The van der Waals surface area contributed by atoms with E-state index >= 15 is 0 Å². The number of nitrogens with two attached hydrogens (primary N) is 1. The van der Waals surface area contributed by atoms with E-state index in [2.05, 4.69) is 10.0 Å². The number of carbonyl (C=O) groups excluding carboxylic acids is 4. The minimum atomic E-state index is -4.70. The standard InChI is InChI=1S/C24H25N5O8S2/c1-24(2)17(23(34)35)29-21(33)16(22(29)38-24)26-20(32)15(12-8-4-3-5-9-12)27-39(36,37)28-19(31)14-11-7-6-10-13(14)18(25)30/h3-11,15-17,22,27H,1-2H3,(H2,25,30)(H,26,32)(H,28,31)(H,34,35)/t15?,16-,17+,22-/m1/s1. The SMILES string of the molecule is CC1(C)S[C@@H]2[C@H](NC(=O)C(NS(=O)(=O)NC(=O)c3ccccc3C(N)=O)c3ccccc3)C(=O)N2[C@H]1C(=O)O. The fourth-order valence-electron chi connectivity index (χ4n) is 4.56. The number of benzene rings is 2. The smallest absolute Gasteiger partial charge is 0.327 e. The Kier molecular flexibility index (Phi) is 7.42. The molecular formula is C24H25N5O8S2. The van der Waals surface area contributed by atoms with Crippen LogP contribution < -0.4 is 20.5 Å². The molecule has 4 amide bonds. The summed E-state index contributed by atoms with van der Waals surface area (Å²) < 4.78 is 28.9. The average molecular weight is 576 g/mol. The van der Waals surface area contributed by atoms with Gasteiger partial charge in [0.2, 0.25) is 17.7 Å². The number of carboxylic acid groups (broad SMARTS) is 1. The molecule has 2 aliphatic rings. The predicted molar refractivity (Wildman–Crippen MR) is 139 cm³/mol. The molecule has 4 rings (SSSR count). The Balaban J connectivity index is 1.54. The molecule has 0 radical (unpaired) electrons. The van der Waals surface area contributed by atoms with Gasteiger partial charge in [0.25, 0.3) is 5.91 Å². The van der Waals surface area contributed by atoms with Crippen LogP contribution in [0.2, 0.25) is 0 Å². The molecule has 2 heterocycles. The highest BCUT2D eigenvalue weighted by Gasteiger charge is 2.64. The van der Waals surface area contributed by atoms with Gasteiger partial charge in [-0.2, -0.15) is 13.1 Å². The zero-order valence-electron chi connectivity index (χ0n) is 20.7. The lowest BCUT2D eigenvalue weighted by Gasteiger charge is -2.44. The molecule has 206 valence electrons. The highest BCUT2D eigenvalue weighted by Crippen LogP contribution is 2.50. The number of thioether (sulfide) groups is 1. The second kappa shape index (κ2) is 10.3. The number of hydrogen-bond acceptors (Lipinski definition) is 8. The van der Waals surface area contributed by atoms with Gasteiger partial charge in [0, 0.05) is 4.75 Å². The highest BCUT2D eigenvalue weighted by atomic mass is 32.2. The first-order chi connectivity index (χ1) is 18.2. The Bertz CT molecular complexity index is 1460. The lowest BCUT2D eigenvalue weighted by atomic mass is 9.95. The fourth-order valence-corrected chi connectivity index (χ4v) is 7.15. The van der Waals surface area contributed by atoms with Crippen LogP contribution in [0.1, 0.15) is 46.2 Å². The van der Waals surface area contributed by atoms with Gasteiger partial charge < -0.3 is 21.1 Å². The van der Waals surface area contributed by atoms with E-state index in [-0.39, 0.29) is 16.7 Å². The van der Waals surface area contributed by atoms with E-state index in [4.69, 9.17) is 5.73 Å². The summed E-state index contributed by atoms with van der Waals surface area (Å²) in [6.45, 7) is 3.36. The van der Waals surface area contributed by atoms with Gasteiger partial charge in [-0.1, -0.05) is 42.5 Å². The van der Waals surface area contributed by atoms with Crippen LogP contribution >= 0.6 is 11.8 Å². The minimum Gasteiger partial charge on any atom is -0.480 e. The molecule has 2 aromatic rings. The highest BCUT2D eigenvalue weighted by molar-refractivity contribution is 8.01. The third-order valence-corrected chi connectivity index (χ3v) is 8.88. The van der Waals surface area contributed by atoms with E-state index in [1.165, 1.54) is 53.1 Å². The maximum Gasteiger partial charge on any atom is 0.327 e.